The van der Waals surface area contributed by atoms with Gasteiger partial charge in [0.2, 0.25) is 5.91 Å². The predicted molar refractivity (Wildman–Crippen MR) is 110 cm³/mol. The van der Waals surface area contributed by atoms with E-state index >= 15 is 0 Å². The zero-order valence-electron chi connectivity index (χ0n) is 16.9. The number of hydrazine groups is 1. The summed E-state index contributed by atoms with van der Waals surface area (Å²) >= 11 is 0. The van der Waals surface area contributed by atoms with Crippen molar-refractivity contribution < 1.29 is 29.3 Å². The lowest BCUT2D eigenvalue weighted by atomic mass is 10.1. The molecule has 30 heavy (non-hydrogen) atoms. The number of phenols is 1. The molecule has 0 heterocycles. The molecule has 11 nitrogen and oxygen atoms in total. The fourth-order valence-corrected chi connectivity index (χ4v) is 2.42. The third-order valence-corrected chi connectivity index (χ3v) is 3.98. The number of nitrogens with zero attached hydrogens (tertiary/aromatic N) is 1. The van der Waals surface area contributed by atoms with Crippen LogP contribution in [-0.4, -0.2) is 60.1 Å². The second-order valence-electron chi connectivity index (χ2n) is 6.35. The van der Waals surface area contributed by atoms with Crippen LogP contribution in [0.3, 0.4) is 0 Å². The molecule has 1 atom stereocenters. The van der Waals surface area contributed by atoms with E-state index in [1.807, 2.05) is 6.92 Å². The molecule has 7 N–H and O–H groups in total. The largest absolute Gasteiger partial charge is 0.507 e. The molecular weight excluding hydrogens is 394 g/mol. The van der Waals surface area contributed by atoms with E-state index in [2.05, 4.69) is 21.1 Å². The van der Waals surface area contributed by atoms with Gasteiger partial charge in [0.05, 0.1) is 18.4 Å². The van der Waals surface area contributed by atoms with Crippen molar-refractivity contribution in [1.29, 1.82) is 0 Å². The molecule has 0 radical (unpaired) electrons. The number of aromatic hydroxyl groups is 1. The highest BCUT2D eigenvalue weighted by atomic mass is 16.5. The molecule has 0 fully saturated rings. The third-order valence-electron chi connectivity index (χ3n) is 3.98. The molecule has 0 unspecified atom stereocenters. The van der Waals surface area contributed by atoms with Crippen LogP contribution < -0.4 is 26.6 Å². The Balaban J connectivity index is 2.58. The number of ether oxygens (including phenoxy) is 1. The van der Waals surface area contributed by atoms with Crippen molar-refractivity contribution in [2.24, 2.45) is 10.8 Å². The number of hydrogen-bond acceptors (Lipinski definition) is 7. The number of carboxylic acids is 1. The minimum absolute atomic E-state index is 0.0499. The van der Waals surface area contributed by atoms with Crippen LogP contribution in [0.15, 0.2) is 23.2 Å². The van der Waals surface area contributed by atoms with E-state index in [0.29, 0.717) is 18.7 Å². The third kappa shape index (κ3) is 9.24. The summed E-state index contributed by atoms with van der Waals surface area (Å²) in [6, 6.07) is 2.84. The first kappa shape index (κ1) is 24.7. The number of hydrogen-bond donors (Lipinski definition) is 6. The molecule has 0 saturated heterocycles. The Morgan fingerprint density at radius 1 is 1.30 bits per heavy atom. The smallest absolute Gasteiger partial charge is 0.328 e. The van der Waals surface area contributed by atoms with E-state index in [0.717, 1.165) is 12.8 Å². The first-order chi connectivity index (χ1) is 14.4. The molecule has 0 aliphatic carbocycles. The SMILES string of the molecule is CCCCCC(=O)N[C@@H](CNC(=O)c1ccc(OCCN=CNN)cc1O)C(=O)O. The van der Waals surface area contributed by atoms with Gasteiger partial charge in [-0.1, -0.05) is 19.8 Å². The van der Waals surface area contributed by atoms with Crippen LogP contribution in [-0.2, 0) is 9.59 Å². The van der Waals surface area contributed by atoms with E-state index in [4.69, 9.17) is 10.6 Å². The normalized spacial score (nSPS) is 11.7. The Hall–Kier alpha value is -3.34. The van der Waals surface area contributed by atoms with Crippen LogP contribution in [0.5, 0.6) is 11.5 Å². The van der Waals surface area contributed by atoms with Gasteiger partial charge in [-0.15, -0.1) is 0 Å². The number of nitrogens with one attached hydrogen (secondary N) is 3. The molecule has 0 aromatic heterocycles. The summed E-state index contributed by atoms with van der Waals surface area (Å²) in [6.45, 7) is 2.26. The zero-order chi connectivity index (χ0) is 22.4. The molecule has 1 rings (SSSR count). The molecule has 0 aliphatic heterocycles. The maximum absolute atomic E-state index is 12.3. The van der Waals surface area contributed by atoms with E-state index < -0.39 is 17.9 Å². The Morgan fingerprint density at radius 3 is 2.70 bits per heavy atom. The van der Waals surface area contributed by atoms with Gasteiger partial charge in [0, 0.05) is 19.0 Å². The van der Waals surface area contributed by atoms with Gasteiger partial charge >= 0.3 is 5.97 Å². The van der Waals surface area contributed by atoms with Crippen molar-refractivity contribution >= 4 is 24.1 Å². The van der Waals surface area contributed by atoms with Crippen LogP contribution in [0.1, 0.15) is 43.0 Å². The van der Waals surface area contributed by atoms with E-state index in [1.54, 1.807) is 0 Å². The lowest BCUT2D eigenvalue weighted by molar-refractivity contribution is -0.141. The van der Waals surface area contributed by atoms with Crippen LogP contribution in [0.25, 0.3) is 0 Å². The number of benzene rings is 1. The number of aliphatic carboxylic acids is 1. The monoisotopic (exact) mass is 423 g/mol. The van der Waals surface area contributed by atoms with Crippen LogP contribution in [0.4, 0.5) is 0 Å². The second kappa shape index (κ2) is 13.8. The lowest BCUT2D eigenvalue weighted by Crippen LogP contribution is -2.48. The quantitative estimate of drug-likeness (QED) is 0.0805. The molecule has 0 bridgehead atoms. The van der Waals surface area contributed by atoms with Gasteiger partial charge in [0.1, 0.15) is 24.1 Å². The first-order valence-corrected chi connectivity index (χ1v) is 9.59. The summed E-state index contributed by atoms with van der Waals surface area (Å²) < 4.78 is 5.38. The molecule has 166 valence electrons. The lowest BCUT2D eigenvalue weighted by Gasteiger charge is -2.16. The van der Waals surface area contributed by atoms with Crippen molar-refractivity contribution in [3.05, 3.63) is 23.8 Å². The first-order valence-electron chi connectivity index (χ1n) is 9.59. The maximum Gasteiger partial charge on any atom is 0.328 e. The fourth-order valence-electron chi connectivity index (χ4n) is 2.42. The molecule has 0 aliphatic rings. The van der Waals surface area contributed by atoms with Crippen molar-refractivity contribution in [2.45, 2.75) is 38.6 Å². The molecule has 0 spiro atoms. The highest BCUT2D eigenvalue weighted by Gasteiger charge is 2.21. The minimum atomic E-state index is -1.27. The van der Waals surface area contributed by atoms with Crippen molar-refractivity contribution in [1.82, 2.24) is 16.1 Å². The molecule has 0 saturated carbocycles. The van der Waals surface area contributed by atoms with Crippen molar-refractivity contribution in [3.63, 3.8) is 0 Å². The number of aliphatic imine (C=N–C) groups is 1. The van der Waals surface area contributed by atoms with E-state index in [-0.39, 0.29) is 36.8 Å². The molecule has 1 aromatic carbocycles. The molecule has 1 aromatic rings. The number of amides is 2. The minimum Gasteiger partial charge on any atom is -0.507 e. The molecule has 2 amide bonds. The maximum atomic E-state index is 12.3. The summed E-state index contributed by atoms with van der Waals surface area (Å²) in [4.78, 5) is 39.3. The summed E-state index contributed by atoms with van der Waals surface area (Å²) in [7, 11) is 0. The number of carbonyl (C=O) groups is 3. The van der Waals surface area contributed by atoms with Crippen LogP contribution in [0.2, 0.25) is 0 Å². The molecule has 11 heteroatoms. The van der Waals surface area contributed by atoms with Gasteiger partial charge in [-0.05, 0) is 18.6 Å². The number of nitrogens with two attached hydrogens (primary N) is 1. The average Bonchev–Trinajstić information content (AvgIpc) is 2.70. The van der Waals surface area contributed by atoms with Crippen LogP contribution in [0, 0.1) is 0 Å². The highest BCUT2D eigenvalue weighted by molar-refractivity contribution is 5.97. The summed E-state index contributed by atoms with van der Waals surface area (Å²) in [5.41, 5.74) is 2.20. The number of phenolic OH excluding ortho intramolecular Hbond substituents is 1. The summed E-state index contributed by atoms with van der Waals surface area (Å²) in [6.07, 6.45) is 4.02. The number of carboxylic acid groups (broad SMARTS) is 1. The fraction of sp³-hybridized carbons (Fsp3) is 0.474. The summed E-state index contributed by atoms with van der Waals surface area (Å²) in [5.74, 6) is 2.71. The van der Waals surface area contributed by atoms with Gasteiger partial charge in [-0.25, -0.2) is 10.6 Å². The number of carbonyl (C=O) groups excluding carboxylic acids is 2. The highest BCUT2D eigenvalue weighted by Crippen LogP contribution is 2.23. The van der Waals surface area contributed by atoms with Gasteiger partial charge in [0.25, 0.3) is 5.91 Å². The Kier molecular flexibility index (Phi) is 11.3. The zero-order valence-corrected chi connectivity index (χ0v) is 16.9. The standard InChI is InChI=1S/C19H29N5O6/c1-2-3-4-5-17(26)24-15(19(28)29)11-22-18(27)14-7-6-13(10-16(14)25)30-9-8-21-12-23-20/h6-7,10,12,15,25H,2-5,8-9,11,20H2,1H3,(H,21,23)(H,22,27)(H,24,26)(H,28,29)/t15-/m0/s1. The van der Waals surface area contributed by atoms with E-state index in [1.165, 1.54) is 24.5 Å². The average molecular weight is 423 g/mol. The Bertz CT molecular complexity index is 740. The van der Waals surface area contributed by atoms with Crippen LogP contribution >= 0.6 is 0 Å². The van der Waals surface area contributed by atoms with Gasteiger partial charge < -0.3 is 31.0 Å². The van der Waals surface area contributed by atoms with Gasteiger partial charge in [-0.2, -0.15) is 0 Å². The predicted octanol–water partition coefficient (Wildman–Crippen LogP) is 0.142. The topological polar surface area (TPSA) is 175 Å². The van der Waals surface area contributed by atoms with Crippen molar-refractivity contribution in [3.8, 4) is 11.5 Å². The van der Waals surface area contributed by atoms with E-state index in [9.17, 15) is 24.6 Å². The molecular formula is C19H29N5O6. The Labute approximate surface area is 174 Å². The Morgan fingerprint density at radius 2 is 2.07 bits per heavy atom. The van der Waals surface area contributed by atoms with Gasteiger partial charge in [0.15, 0.2) is 0 Å². The van der Waals surface area contributed by atoms with Crippen molar-refractivity contribution in [2.75, 3.05) is 19.7 Å². The number of unbranched alkanes of at least 4 members (excludes halogenated alkanes) is 2. The van der Waals surface area contributed by atoms with Gasteiger partial charge in [-0.3, -0.25) is 14.6 Å². The second-order valence-corrected chi connectivity index (χ2v) is 6.35. The summed E-state index contributed by atoms with van der Waals surface area (Å²) in [5, 5.41) is 24.1. The number of rotatable bonds is 14.